The Kier molecular flexibility index (Phi) is 7.78. The van der Waals surface area contributed by atoms with Gasteiger partial charge in [-0.15, -0.1) is 0 Å². The van der Waals surface area contributed by atoms with E-state index in [-0.39, 0.29) is 11.7 Å². The van der Waals surface area contributed by atoms with Gasteiger partial charge in [0.2, 0.25) is 0 Å². The van der Waals surface area contributed by atoms with E-state index in [9.17, 15) is 9.59 Å². The third-order valence-corrected chi connectivity index (χ3v) is 5.00. The first kappa shape index (κ1) is 23.2. The second-order valence-electron chi connectivity index (χ2n) is 7.82. The number of likely N-dealkylation sites (N-methyl/N-ethyl adjacent to an activating group) is 1. The molecule has 3 rings (SSSR count). The maximum atomic E-state index is 12.3. The van der Waals surface area contributed by atoms with Crippen LogP contribution >= 0.6 is 0 Å². The molecule has 0 fully saturated rings. The first-order valence-corrected chi connectivity index (χ1v) is 10.6. The number of anilines is 1. The van der Waals surface area contributed by atoms with E-state index in [1.807, 2.05) is 68.5 Å². The zero-order valence-electron chi connectivity index (χ0n) is 19.0. The third-order valence-electron chi connectivity index (χ3n) is 5.00. The van der Waals surface area contributed by atoms with E-state index >= 15 is 0 Å². The van der Waals surface area contributed by atoms with Gasteiger partial charge >= 0.3 is 11.6 Å². The molecule has 0 aliphatic heterocycles. The lowest BCUT2D eigenvalue weighted by Gasteiger charge is -2.16. The zero-order chi connectivity index (χ0) is 23.1. The van der Waals surface area contributed by atoms with Crippen LogP contribution in [0.5, 0.6) is 0 Å². The van der Waals surface area contributed by atoms with Crippen molar-refractivity contribution in [2.24, 2.45) is 0 Å². The number of nitrogens with zero attached hydrogens (tertiary/aromatic N) is 3. The van der Waals surface area contributed by atoms with Crippen LogP contribution in [0.4, 0.5) is 5.69 Å². The lowest BCUT2D eigenvalue weighted by molar-refractivity contribution is -0.143. The average molecular weight is 436 g/mol. The maximum absolute atomic E-state index is 12.3. The number of carbonyl (C=O) groups is 1. The number of benzene rings is 2. The van der Waals surface area contributed by atoms with Crippen LogP contribution < -0.4 is 10.5 Å². The molecule has 32 heavy (non-hydrogen) atoms. The summed E-state index contributed by atoms with van der Waals surface area (Å²) in [4.78, 5) is 32.0. The predicted octanol–water partition coefficient (Wildman–Crippen LogP) is 3.81. The van der Waals surface area contributed by atoms with Crippen LogP contribution in [0.1, 0.15) is 30.2 Å². The highest BCUT2D eigenvalue weighted by Gasteiger charge is 2.07. The molecule has 168 valence electrons. The summed E-state index contributed by atoms with van der Waals surface area (Å²) < 4.78 is 10.6. The van der Waals surface area contributed by atoms with Gasteiger partial charge in [0.15, 0.2) is 5.58 Å². The highest BCUT2D eigenvalue weighted by molar-refractivity contribution is 5.78. The number of carbonyl (C=O) groups excluding carboxylic acids is 1. The Labute approximate surface area is 187 Å². The maximum Gasteiger partial charge on any atom is 0.362 e. The molecular weight excluding hydrogens is 406 g/mol. The summed E-state index contributed by atoms with van der Waals surface area (Å²) in [6, 6.07) is 13.6. The van der Waals surface area contributed by atoms with Gasteiger partial charge < -0.3 is 14.1 Å². The number of aromatic nitrogens is 1. The molecule has 0 atom stereocenters. The smallest absolute Gasteiger partial charge is 0.362 e. The van der Waals surface area contributed by atoms with Crippen LogP contribution in [0.25, 0.3) is 23.3 Å². The minimum Gasteiger partial charge on any atom is -0.464 e. The third kappa shape index (κ3) is 6.28. The van der Waals surface area contributed by atoms with Gasteiger partial charge in [-0.1, -0.05) is 37.3 Å². The number of hydrogen-bond acceptors (Lipinski definition) is 7. The lowest BCUT2D eigenvalue weighted by atomic mass is 10.1. The molecule has 0 aliphatic rings. The molecule has 0 saturated heterocycles. The van der Waals surface area contributed by atoms with Crippen molar-refractivity contribution >= 4 is 34.9 Å². The van der Waals surface area contributed by atoms with Crippen molar-refractivity contribution in [1.29, 1.82) is 0 Å². The number of hydrogen-bond donors (Lipinski definition) is 0. The summed E-state index contributed by atoms with van der Waals surface area (Å²) >= 11 is 0. The molecule has 0 radical (unpaired) electrons. The van der Waals surface area contributed by atoms with Gasteiger partial charge in [0.25, 0.3) is 0 Å². The van der Waals surface area contributed by atoms with Crippen molar-refractivity contribution in [2.75, 3.05) is 39.2 Å². The number of ether oxygens (including phenoxy) is 1. The first-order chi connectivity index (χ1) is 15.4. The van der Waals surface area contributed by atoms with Crippen molar-refractivity contribution in [3.8, 4) is 0 Å². The predicted molar refractivity (Wildman–Crippen MR) is 128 cm³/mol. The highest BCUT2D eigenvalue weighted by Crippen LogP contribution is 2.19. The molecule has 1 aromatic heterocycles. The summed E-state index contributed by atoms with van der Waals surface area (Å²) in [7, 11) is 5.84. The number of rotatable bonds is 9. The monoisotopic (exact) mass is 435 g/mol. The van der Waals surface area contributed by atoms with E-state index in [2.05, 4.69) is 9.88 Å². The highest BCUT2D eigenvalue weighted by atomic mass is 16.5. The molecule has 0 N–H and O–H groups in total. The van der Waals surface area contributed by atoms with Gasteiger partial charge in [-0.3, -0.25) is 9.69 Å². The Hall–Kier alpha value is -3.45. The Morgan fingerprint density at radius 1 is 1.09 bits per heavy atom. The fraction of sp³-hybridized carbons (Fsp3) is 0.320. The molecule has 7 heteroatoms. The lowest BCUT2D eigenvalue weighted by Crippen LogP contribution is -2.23. The summed E-state index contributed by atoms with van der Waals surface area (Å²) in [6.45, 7) is 3.60. The van der Waals surface area contributed by atoms with Crippen LogP contribution in [0.2, 0.25) is 0 Å². The van der Waals surface area contributed by atoms with Crippen LogP contribution in [0.3, 0.4) is 0 Å². The molecule has 0 bridgehead atoms. The fourth-order valence-corrected chi connectivity index (χ4v) is 3.11. The van der Waals surface area contributed by atoms with E-state index < -0.39 is 5.63 Å². The Bertz CT molecular complexity index is 1150. The second kappa shape index (κ2) is 10.7. The van der Waals surface area contributed by atoms with Crippen LogP contribution in [-0.4, -0.2) is 50.1 Å². The average Bonchev–Trinajstić information content (AvgIpc) is 2.78. The molecule has 2 aromatic carbocycles. The Balaban J connectivity index is 1.63. The zero-order valence-corrected chi connectivity index (χ0v) is 19.0. The van der Waals surface area contributed by atoms with Gasteiger partial charge in [-0.2, -0.15) is 0 Å². The molecule has 7 nitrogen and oxygen atoms in total. The minimum atomic E-state index is -0.466. The fourth-order valence-electron chi connectivity index (χ4n) is 3.11. The molecule has 0 unspecified atom stereocenters. The molecular formula is C25H29N3O4. The topological polar surface area (TPSA) is 75.9 Å². The molecule has 1 heterocycles. The van der Waals surface area contributed by atoms with E-state index in [4.69, 9.17) is 9.15 Å². The van der Waals surface area contributed by atoms with Crippen molar-refractivity contribution in [3.63, 3.8) is 0 Å². The van der Waals surface area contributed by atoms with E-state index in [1.54, 1.807) is 19.1 Å². The number of fused-ring (bicyclic) bond motifs is 1. The van der Waals surface area contributed by atoms with Crippen molar-refractivity contribution < 1.29 is 13.9 Å². The summed E-state index contributed by atoms with van der Waals surface area (Å²) in [6.07, 6.45) is 3.91. The van der Waals surface area contributed by atoms with Crippen LogP contribution in [-0.2, 0) is 16.1 Å². The van der Waals surface area contributed by atoms with Crippen LogP contribution in [0.15, 0.2) is 51.7 Å². The standard InChI is InChI=1S/C25H29N3O4/c1-5-24(29)31-15-14-28(4)17-19-8-6-18(7-9-19)10-12-22-25(30)32-23-16-20(27(2)3)11-13-21(23)26-22/h6-13,16H,5,14-15,17H2,1-4H3/b12-10+. The molecule has 3 aromatic rings. The van der Waals surface area contributed by atoms with Gasteiger partial charge in [0.05, 0.1) is 0 Å². The first-order valence-electron chi connectivity index (χ1n) is 10.6. The van der Waals surface area contributed by atoms with E-state index in [1.165, 1.54) is 0 Å². The van der Waals surface area contributed by atoms with Gasteiger partial charge in [0, 0.05) is 45.4 Å². The normalized spacial score (nSPS) is 11.4. The summed E-state index contributed by atoms with van der Waals surface area (Å²) in [5, 5.41) is 0. The Morgan fingerprint density at radius 2 is 1.84 bits per heavy atom. The van der Waals surface area contributed by atoms with Gasteiger partial charge in [0.1, 0.15) is 17.8 Å². The van der Waals surface area contributed by atoms with Gasteiger partial charge in [-0.05, 0) is 36.4 Å². The summed E-state index contributed by atoms with van der Waals surface area (Å²) in [5.41, 5.74) is 3.95. The molecule has 0 saturated carbocycles. The molecule has 0 spiro atoms. The van der Waals surface area contributed by atoms with Gasteiger partial charge in [-0.25, -0.2) is 9.78 Å². The van der Waals surface area contributed by atoms with Crippen LogP contribution in [0, 0.1) is 0 Å². The SMILES string of the molecule is CCC(=O)OCCN(C)Cc1ccc(/C=C/c2nc3ccc(N(C)C)cc3oc2=O)cc1. The molecule has 0 aliphatic carbocycles. The quantitative estimate of drug-likeness (QED) is 0.473. The number of esters is 1. The van der Waals surface area contributed by atoms with Crippen molar-refractivity contribution in [2.45, 2.75) is 19.9 Å². The minimum absolute atomic E-state index is 0.178. The van der Waals surface area contributed by atoms with E-state index in [0.29, 0.717) is 30.7 Å². The van der Waals surface area contributed by atoms with Crippen molar-refractivity contribution in [1.82, 2.24) is 9.88 Å². The Morgan fingerprint density at radius 3 is 2.53 bits per heavy atom. The van der Waals surface area contributed by atoms with Crippen molar-refractivity contribution in [3.05, 3.63) is 69.7 Å². The largest absolute Gasteiger partial charge is 0.464 e. The van der Waals surface area contributed by atoms with E-state index in [0.717, 1.165) is 23.4 Å². The molecule has 0 amide bonds. The summed E-state index contributed by atoms with van der Waals surface area (Å²) in [5.74, 6) is -0.178. The second-order valence-corrected chi connectivity index (χ2v) is 7.82.